The van der Waals surface area contributed by atoms with E-state index in [1.54, 1.807) is 11.3 Å². The maximum absolute atomic E-state index is 3.62. The molecule has 2 aromatic rings. The first-order valence-electron chi connectivity index (χ1n) is 4.69. The van der Waals surface area contributed by atoms with Crippen LogP contribution in [0.25, 0.3) is 0 Å². The Morgan fingerprint density at radius 1 is 1.47 bits per heavy atom. The number of hydrogen-bond acceptors (Lipinski definition) is 3. The molecule has 2 heterocycles. The SMILES string of the molecule is CNC(c1cccs1)c1sc(C)cc1Br. The quantitative estimate of drug-likeness (QED) is 0.896. The van der Waals surface area contributed by atoms with Gasteiger partial charge in [0.2, 0.25) is 0 Å². The summed E-state index contributed by atoms with van der Waals surface area (Å²) in [5.41, 5.74) is 0. The minimum absolute atomic E-state index is 0.318. The molecule has 0 saturated heterocycles. The molecule has 1 atom stereocenters. The fourth-order valence-electron chi connectivity index (χ4n) is 1.56. The summed E-state index contributed by atoms with van der Waals surface area (Å²) in [6.45, 7) is 2.14. The van der Waals surface area contributed by atoms with E-state index < -0.39 is 0 Å². The van der Waals surface area contributed by atoms with Crippen LogP contribution in [0.1, 0.15) is 20.7 Å². The Morgan fingerprint density at radius 2 is 2.27 bits per heavy atom. The number of nitrogens with one attached hydrogen (secondary N) is 1. The summed E-state index contributed by atoms with van der Waals surface area (Å²) < 4.78 is 1.21. The van der Waals surface area contributed by atoms with Gasteiger partial charge in [0, 0.05) is 19.1 Å². The van der Waals surface area contributed by atoms with Crippen molar-refractivity contribution in [2.24, 2.45) is 0 Å². The molecule has 4 heteroatoms. The molecule has 0 saturated carbocycles. The van der Waals surface area contributed by atoms with E-state index in [2.05, 4.69) is 51.7 Å². The van der Waals surface area contributed by atoms with Crippen molar-refractivity contribution in [1.29, 1.82) is 0 Å². The van der Waals surface area contributed by atoms with E-state index in [1.807, 2.05) is 18.4 Å². The minimum Gasteiger partial charge on any atom is -0.308 e. The molecular weight excluding hydrogens is 290 g/mol. The van der Waals surface area contributed by atoms with E-state index in [-0.39, 0.29) is 0 Å². The zero-order valence-corrected chi connectivity index (χ0v) is 11.8. The van der Waals surface area contributed by atoms with Gasteiger partial charge in [-0.15, -0.1) is 22.7 Å². The Kier molecular flexibility index (Phi) is 3.61. The lowest BCUT2D eigenvalue weighted by molar-refractivity contribution is 0.714. The second-order valence-corrected chi connectivity index (χ2v) is 6.43. The number of hydrogen-bond donors (Lipinski definition) is 1. The Balaban J connectivity index is 2.39. The molecule has 0 aliphatic carbocycles. The lowest BCUT2D eigenvalue weighted by Gasteiger charge is -2.13. The van der Waals surface area contributed by atoms with E-state index in [9.17, 15) is 0 Å². The van der Waals surface area contributed by atoms with Gasteiger partial charge in [-0.2, -0.15) is 0 Å². The van der Waals surface area contributed by atoms with Crippen LogP contribution < -0.4 is 5.32 Å². The summed E-state index contributed by atoms with van der Waals surface area (Å²) in [4.78, 5) is 4.06. The zero-order valence-electron chi connectivity index (χ0n) is 8.58. The molecule has 0 aliphatic rings. The molecule has 0 fully saturated rings. The van der Waals surface area contributed by atoms with E-state index >= 15 is 0 Å². The van der Waals surface area contributed by atoms with Gasteiger partial charge in [-0.1, -0.05) is 6.07 Å². The van der Waals surface area contributed by atoms with Gasteiger partial charge >= 0.3 is 0 Å². The summed E-state index contributed by atoms with van der Waals surface area (Å²) in [7, 11) is 2.01. The van der Waals surface area contributed by atoms with Crippen LogP contribution in [-0.4, -0.2) is 7.05 Å². The van der Waals surface area contributed by atoms with Crippen molar-refractivity contribution in [3.05, 3.63) is 42.7 Å². The standard InChI is InChI=1S/C11H12BrNS2/c1-7-6-8(12)11(15-7)10(13-2)9-4-3-5-14-9/h3-6,10,13H,1-2H3. The molecule has 0 radical (unpaired) electrons. The number of thiophene rings is 2. The van der Waals surface area contributed by atoms with Gasteiger partial charge in [-0.25, -0.2) is 0 Å². The summed E-state index contributed by atoms with van der Waals surface area (Å²) >= 11 is 7.25. The highest BCUT2D eigenvalue weighted by molar-refractivity contribution is 9.10. The van der Waals surface area contributed by atoms with Crippen LogP contribution in [-0.2, 0) is 0 Å². The molecule has 2 rings (SSSR count). The Bertz CT molecular complexity index is 433. The topological polar surface area (TPSA) is 12.0 Å². The van der Waals surface area contributed by atoms with Gasteiger partial charge < -0.3 is 5.32 Å². The second kappa shape index (κ2) is 4.78. The highest BCUT2D eigenvalue weighted by Crippen LogP contribution is 2.36. The van der Waals surface area contributed by atoms with Crippen molar-refractivity contribution in [2.45, 2.75) is 13.0 Å². The molecule has 0 bridgehead atoms. The van der Waals surface area contributed by atoms with E-state index in [0.29, 0.717) is 6.04 Å². The number of rotatable bonds is 3. The van der Waals surface area contributed by atoms with Gasteiger partial charge in [0.25, 0.3) is 0 Å². The third-order valence-corrected chi connectivity index (χ3v) is 5.19. The fourth-order valence-corrected chi connectivity index (χ4v) is 4.48. The van der Waals surface area contributed by atoms with Crippen LogP contribution in [0.2, 0.25) is 0 Å². The highest BCUT2D eigenvalue weighted by atomic mass is 79.9. The monoisotopic (exact) mass is 301 g/mol. The molecule has 0 amide bonds. The summed E-state index contributed by atoms with van der Waals surface area (Å²) in [5, 5.41) is 5.48. The number of aryl methyl sites for hydroxylation is 1. The number of halogens is 1. The molecule has 0 aromatic carbocycles. The van der Waals surface area contributed by atoms with Crippen molar-refractivity contribution >= 4 is 38.6 Å². The maximum Gasteiger partial charge on any atom is 0.0773 e. The predicted octanol–water partition coefficient (Wildman–Crippen LogP) is 4.19. The summed E-state index contributed by atoms with van der Waals surface area (Å²) in [6, 6.07) is 6.77. The van der Waals surface area contributed by atoms with E-state index in [1.165, 1.54) is 19.1 Å². The first-order chi connectivity index (χ1) is 7.22. The van der Waals surface area contributed by atoms with Gasteiger partial charge in [-0.3, -0.25) is 0 Å². The largest absolute Gasteiger partial charge is 0.308 e. The van der Waals surface area contributed by atoms with Crippen molar-refractivity contribution in [2.75, 3.05) is 7.05 Å². The molecule has 1 nitrogen and oxygen atoms in total. The van der Waals surface area contributed by atoms with Crippen LogP contribution in [0.5, 0.6) is 0 Å². The normalized spacial score (nSPS) is 13.0. The fraction of sp³-hybridized carbons (Fsp3) is 0.273. The third-order valence-electron chi connectivity index (χ3n) is 2.21. The lowest BCUT2D eigenvalue weighted by atomic mass is 10.2. The molecule has 0 spiro atoms. The summed E-state index contributed by atoms with van der Waals surface area (Å²) in [6.07, 6.45) is 0. The molecule has 80 valence electrons. The first kappa shape index (κ1) is 11.3. The van der Waals surface area contributed by atoms with Crippen LogP contribution in [0, 0.1) is 6.92 Å². The molecule has 0 aliphatic heterocycles. The lowest BCUT2D eigenvalue weighted by Crippen LogP contribution is -2.15. The zero-order chi connectivity index (χ0) is 10.8. The van der Waals surface area contributed by atoms with Gasteiger partial charge in [0.05, 0.1) is 6.04 Å². The molecular formula is C11H12BrNS2. The van der Waals surface area contributed by atoms with Gasteiger partial charge in [0.15, 0.2) is 0 Å². The van der Waals surface area contributed by atoms with Crippen molar-refractivity contribution in [3.8, 4) is 0 Å². The van der Waals surface area contributed by atoms with Crippen LogP contribution in [0.3, 0.4) is 0 Å². The second-order valence-electron chi connectivity index (χ2n) is 3.31. The predicted molar refractivity (Wildman–Crippen MR) is 72.0 cm³/mol. The van der Waals surface area contributed by atoms with Gasteiger partial charge in [-0.05, 0) is 47.4 Å². The smallest absolute Gasteiger partial charge is 0.0773 e. The van der Waals surface area contributed by atoms with Crippen LogP contribution in [0.15, 0.2) is 28.1 Å². The maximum atomic E-state index is 3.62. The van der Waals surface area contributed by atoms with E-state index in [4.69, 9.17) is 0 Å². The van der Waals surface area contributed by atoms with Gasteiger partial charge in [0.1, 0.15) is 0 Å². The third kappa shape index (κ3) is 2.33. The Morgan fingerprint density at radius 3 is 2.73 bits per heavy atom. The molecule has 1 unspecified atom stereocenters. The average molecular weight is 302 g/mol. The summed E-state index contributed by atoms with van der Waals surface area (Å²) in [5.74, 6) is 0. The Labute approximate surface area is 106 Å². The van der Waals surface area contributed by atoms with Crippen LogP contribution >= 0.6 is 38.6 Å². The first-order valence-corrected chi connectivity index (χ1v) is 7.17. The molecule has 1 N–H and O–H groups in total. The highest BCUT2D eigenvalue weighted by Gasteiger charge is 2.17. The molecule has 15 heavy (non-hydrogen) atoms. The van der Waals surface area contributed by atoms with Crippen molar-refractivity contribution in [3.63, 3.8) is 0 Å². The van der Waals surface area contributed by atoms with Crippen molar-refractivity contribution in [1.82, 2.24) is 5.32 Å². The Hall–Kier alpha value is -0.160. The average Bonchev–Trinajstić information content (AvgIpc) is 2.79. The minimum atomic E-state index is 0.318. The van der Waals surface area contributed by atoms with E-state index in [0.717, 1.165) is 0 Å². The molecule has 2 aromatic heterocycles. The van der Waals surface area contributed by atoms with Crippen molar-refractivity contribution < 1.29 is 0 Å². The van der Waals surface area contributed by atoms with Crippen LogP contribution in [0.4, 0.5) is 0 Å².